The molecule has 194 valence electrons. The van der Waals surface area contributed by atoms with Gasteiger partial charge >= 0.3 is 0 Å². The van der Waals surface area contributed by atoms with Crippen molar-refractivity contribution < 1.29 is 10.4 Å². The molecule has 0 spiro atoms. The molecule has 2 aromatic rings. The fraction of sp³-hybridized carbons (Fsp3) is 0.333. The molecule has 2 aromatic carbocycles. The predicted octanol–water partition coefficient (Wildman–Crippen LogP) is 3.99. The van der Waals surface area contributed by atoms with Crippen molar-refractivity contribution in [3.05, 3.63) is 92.5 Å². The van der Waals surface area contributed by atoms with E-state index in [1.807, 2.05) is 83.0 Å². The summed E-state index contributed by atoms with van der Waals surface area (Å²) in [7, 11) is 0. The number of para-hydroxylation sites is 2. The molecule has 2 aliphatic heterocycles. The monoisotopic (exact) mass is 530 g/mol. The van der Waals surface area contributed by atoms with Gasteiger partial charge in [0, 0.05) is 37.6 Å². The van der Waals surface area contributed by atoms with Crippen molar-refractivity contribution in [1.29, 1.82) is 0 Å². The number of benzene rings is 2. The van der Waals surface area contributed by atoms with Crippen molar-refractivity contribution in [3.63, 3.8) is 0 Å². The van der Waals surface area contributed by atoms with Crippen LogP contribution in [0.2, 0.25) is 0 Å². The van der Waals surface area contributed by atoms with Crippen LogP contribution in [0.5, 0.6) is 0 Å². The van der Waals surface area contributed by atoms with Crippen LogP contribution in [0.25, 0.3) is 0 Å². The smallest absolute Gasteiger partial charge is 0.0983 e. The maximum absolute atomic E-state index is 12.0. The van der Waals surface area contributed by atoms with Gasteiger partial charge in [0.2, 0.25) is 0 Å². The summed E-state index contributed by atoms with van der Waals surface area (Å²) in [6, 6.07) is 19.5. The molecule has 0 fully saturated rings. The summed E-state index contributed by atoms with van der Waals surface area (Å²) >= 11 is 2.84. The Morgan fingerprint density at radius 3 is 1.36 bits per heavy atom. The number of nitrogens with zero attached hydrogens (tertiary/aromatic N) is 6. The van der Waals surface area contributed by atoms with Crippen molar-refractivity contribution in [2.75, 3.05) is 61.8 Å². The quantitative estimate of drug-likeness (QED) is 0.458. The molecule has 0 unspecified atom stereocenters. The average molecular weight is 531 g/mol. The molecule has 0 bridgehead atoms. The Balaban J connectivity index is 1.54. The second-order valence-corrected chi connectivity index (χ2v) is 9.96. The van der Waals surface area contributed by atoms with E-state index < -0.39 is 0 Å². The lowest BCUT2D eigenvalue weighted by molar-refractivity contribution is -0.0172. The number of hydrogen-bond donors (Lipinski definition) is 2. The van der Waals surface area contributed by atoms with Gasteiger partial charge in [-0.3, -0.25) is 20.2 Å². The molecular formula is C24H30N6O4S2-2. The number of hydrogen-bond acceptors (Lipinski definition) is 12. The van der Waals surface area contributed by atoms with Crippen LogP contribution < -0.4 is 9.80 Å². The summed E-state index contributed by atoms with van der Waals surface area (Å²) in [6.45, 7) is 2.83. The highest BCUT2D eigenvalue weighted by atomic mass is 32.2. The van der Waals surface area contributed by atoms with Crippen LogP contribution in [-0.4, -0.2) is 82.7 Å². The first-order valence-corrected chi connectivity index (χ1v) is 13.8. The highest BCUT2D eigenvalue weighted by Crippen LogP contribution is 2.34. The van der Waals surface area contributed by atoms with E-state index >= 15 is 0 Å². The Hall–Kier alpha value is -2.42. The number of rotatable bonds is 9. The summed E-state index contributed by atoms with van der Waals surface area (Å²) in [4.78, 5) is 8.19. The molecule has 0 radical (unpaired) electrons. The third kappa shape index (κ3) is 5.93. The van der Waals surface area contributed by atoms with Crippen molar-refractivity contribution in [2.24, 2.45) is 0 Å². The minimum absolute atomic E-state index is 0.0430. The van der Waals surface area contributed by atoms with E-state index in [4.69, 9.17) is 0 Å². The Labute approximate surface area is 219 Å². The molecule has 2 N–H and O–H groups in total. The molecule has 0 aliphatic carbocycles. The topological polar surface area (TPSA) is 106 Å². The van der Waals surface area contributed by atoms with Crippen LogP contribution in [0, 0.1) is 10.4 Å². The largest absolute Gasteiger partial charge is 0.734 e. The van der Waals surface area contributed by atoms with Crippen LogP contribution >= 0.6 is 23.5 Å². The lowest BCUT2D eigenvalue weighted by Crippen LogP contribution is -2.51. The van der Waals surface area contributed by atoms with Crippen LogP contribution in [0.3, 0.4) is 0 Å². The molecule has 36 heavy (non-hydrogen) atoms. The molecule has 4 rings (SSSR count). The molecule has 2 aliphatic rings. The minimum Gasteiger partial charge on any atom is -0.734 e. The van der Waals surface area contributed by atoms with Gasteiger partial charge in [-0.1, -0.05) is 36.4 Å². The summed E-state index contributed by atoms with van der Waals surface area (Å²) < 4.78 is 0. The van der Waals surface area contributed by atoms with Gasteiger partial charge in [-0.15, -0.1) is 23.5 Å². The van der Waals surface area contributed by atoms with Gasteiger partial charge in [-0.2, -0.15) is 0 Å². The Morgan fingerprint density at radius 2 is 1.06 bits per heavy atom. The first-order valence-electron chi connectivity index (χ1n) is 11.4. The van der Waals surface area contributed by atoms with Crippen molar-refractivity contribution in [2.45, 2.75) is 0 Å². The zero-order valence-electron chi connectivity index (χ0n) is 20.2. The van der Waals surface area contributed by atoms with E-state index in [1.165, 1.54) is 23.5 Å². The van der Waals surface area contributed by atoms with Crippen molar-refractivity contribution >= 4 is 34.9 Å². The predicted molar refractivity (Wildman–Crippen MR) is 146 cm³/mol. The molecule has 0 amide bonds. The molecule has 10 nitrogen and oxygen atoms in total. The number of thioether (sulfide) groups is 2. The Morgan fingerprint density at radius 1 is 0.694 bits per heavy atom. The third-order valence-corrected chi connectivity index (χ3v) is 7.82. The SMILES string of the molecule is CSC1=C(N([O-])O)CN(CCN2CC(N([O-])O)=C(SC)N(c3ccccc3)C2)CN1c1ccccc1. The summed E-state index contributed by atoms with van der Waals surface area (Å²) in [5.74, 6) is 0. The lowest BCUT2D eigenvalue weighted by Gasteiger charge is -2.45. The van der Waals surface area contributed by atoms with Gasteiger partial charge in [0.1, 0.15) is 0 Å². The van der Waals surface area contributed by atoms with Gasteiger partial charge in [-0.25, -0.2) is 0 Å². The maximum Gasteiger partial charge on any atom is 0.0983 e. The Kier molecular flexibility index (Phi) is 9.04. The molecular weight excluding hydrogens is 500 g/mol. The normalized spacial score (nSPS) is 17.7. The highest BCUT2D eigenvalue weighted by Gasteiger charge is 2.30. The second-order valence-electron chi connectivity index (χ2n) is 8.37. The number of anilines is 2. The van der Waals surface area contributed by atoms with Crippen molar-refractivity contribution in [1.82, 2.24) is 20.3 Å². The summed E-state index contributed by atoms with van der Waals surface area (Å²) in [5.41, 5.74) is 2.43. The zero-order valence-corrected chi connectivity index (χ0v) is 21.9. The van der Waals surface area contributed by atoms with Gasteiger partial charge in [0.05, 0.1) is 34.8 Å². The van der Waals surface area contributed by atoms with Crippen molar-refractivity contribution in [3.8, 4) is 0 Å². The average Bonchev–Trinajstić information content (AvgIpc) is 2.91. The standard InChI is InChI=1S/C24H30N6O4S2/c1-35-23-21(29(31)32)15-25(17-27(23)19-9-5-3-6-10-19)13-14-26-16-22(30(33)34)24(36-2)28(18-26)20-11-7-4-8-12-20/h3-12,31,33H,13-18H2,1-2H3/q-2. The maximum atomic E-state index is 12.0. The van der Waals surface area contributed by atoms with Crippen LogP contribution in [-0.2, 0) is 0 Å². The van der Waals surface area contributed by atoms with Gasteiger partial charge < -0.3 is 30.7 Å². The fourth-order valence-electron chi connectivity index (χ4n) is 4.44. The molecule has 0 atom stereocenters. The van der Waals surface area contributed by atoms with E-state index in [2.05, 4.69) is 9.80 Å². The van der Waals surface area contributed by atoms with Gasteiger partial charge in [-0.05, 0) is 36.8 Å². The molecule has 0 aromatic heterocycles. The molecule has 12 heteroatoms. The van der Waals surface area contributed by atoms with E-state index in [1.54, 1.807) is 0 Å². The van der Waals surface area contributed by atoms with E-state index in [-0.39, 0.29) is 21.8 Å². The third-order valence-electron chi connectivity index (χ3n) is 6.13. The minimum atomic E-state index is -0.0430. The van der Waals surface area contributed by atoms with E-state index in [0.717, 1.165) is 11.4 Å². The Bertz CT molecular complexity index is 985. The summed E-state index contributed by atoms with van der Waals surface area (Å²) in [5, 5.41) is 45.1. The van der Waals surface area contributed by atoms with Gasteiger partial charge in [0.15, 0.2) is 0 Å². The second kappa shape index (κ2) is 12.2. The molecule has 0 saturated heterocycles. The first-order chi connectivity index (χ1) is 17.4. The summed E-state index contributed by atoms with van der Waals surface area (Å²) in [6.07, 6.45) is 3.77. The van der Waals surface area contributed by atoms with Gasteiger partial charge in [0.25, 0.3) is 0 Å². The molecule has 2 heterocycles. The van der Waals surface area contributed by atoms with Crippen LogP contribution in [0.15, 0.2) is 82.1 Å². The van der Waals surface area contributed by atoms with E-state index in [0.29, 0.717) is 49.6 Å². The highest BCUT2D eigenvalue weighted by molar-refractivity contribution is 8.02. The van der Waals surface area contributed by atoms with E-state index in [9.17, 15) is 20.8 Å². The molecule has 0 saturated carbocycles. The fourth-order valence-corrected chi connectivity index (χ4v) is 5.96. The first kappa shape index (κ1) is 26.6. The lowest BCUT2D eigenvalue weighted by atomic mass is 10.2. The van der Waals surface area contributed by atoms with Crippen LogP contribution in [0.1, 0.15) is 0 Å². The number of hydroxylamine groups is 4. The van der Waals surface area contributed by atoms with Crippen LogP contribution in [0.4, 0.5) is 11.4 Å². The zero-order chi connectivity index (χ0) is 25.7.